The van der Waals surface area contributed by atoms with Gasteiger partial charge in [-0.05, 0) is 37.3 Å². The highest BCUT2D eigenvalue weighted by Crippen LogP contribution is 2.39. The minimum Gasteiger partial charge on any atom is -0.397 e. The molecule has 0 radical (unpaired) electrons. The van der Waals surface area contributed by atoms with Crippen LogP contribution in [0.5, 0.6) is 0 Å². The van der Waals surface area contributed by atoms with Crippen LogP contribution >= 0.6 is 23.4 Å². The van der Waals surface area contributed by atoms with E-state index in [0.29, 0.717) is 4.75 Å². The lowest BCUT2D eigenvalue weighted by molar-refractivity contribution is 0.411. The minimum absolute atomic E-state index is 0.368. The van der Waals surface area contributed by atoms with Crippen molar-refractivity contribution in [2.24, 2.45) is 0 Å². The van der Waals surface area contributed by atoms with E-state index in [9.17, 15) is 0 Å². The number of benzene rings is 1. The van der Waals surface area contributed by atoms with Gasteiger partial charge in [-0.2, -0.15) is 11.8 Å². The normalized spacial score (nSPS) is 18.6. The SMILES string of the molecule is CSC1(CNc2cc(Cl)ccc2N)CCCCC1. The Hall–Kier alpha value is -0.540. The standard InChI is InChI=1S/C14H21ClN2S/c1-18-14(7-3-2-4-8-14)10-17-13-9-11(15)5-6-12(13)16/h5-6,9,17H,2-4,7-8,10,16H2,1H3. The molecule has 1 fully saturated rings. The highest BCUT2D eigenvalue weighted by atomic mass is 35.5. The lowest BCUT2D eigenvalue weighted by atomic mass is 9.88. The summed E-state index contributed by atoms with van der Waals surface area (Å²) < 4.78 is 0.368. The zero-order valence-corrected chi connectivity index (χ0v) is 12.4. The summed E-state index contributed by atoms with van der Waals surface area (Å²) in [5.74, 6) is 0. The molecule has 1 aromatic carbocycles. The Balaban J connectivity index is 2.03. The maximum Gasteiger partial charge on any atom is 0.0589 e. The average Bonchev–Trinajstić information content (AvgIpc) is 2.41. The Morgan fingerprint density at radius 2 is 2.06 bits per heavy atom. The van der Waals surface area contributed by atoms with E-state index in [0.717, 1.165) is 22.9 Å². The van der Waals surface area contributed by atoms with Crippen molar-refractivity contribution in [2.45, 2.75) is 36.9 Å². The quantitative estimate of drug-likeness (QED) is 0.805. The number of rotatable bonds is 4. The van der Waals surface area contributed by atoms with Crippen LogP contribution in [-0.4, -0.2) is 17.5 Å². The van der Waals surface area contributed by atoms with E-state index in [4.69, 9.17) is 17.3 Å². The molecule has 0 amide bonds. The molecular weight excluding hydrogens is 264 g/mol. The third-order valence-corrected chi connectivity index (χ3v) is 5.47. The molecule has 0 spiro atoms. The van der Waals surface area contributed by atoms with Gasteiger partial charge in [-0.15, -0.1) is 0 Å². The number of hydrogen-bond donors (Lipinski definition) is 2. The van der Waals surface area contributed by atoms with Gasteiger partial charge in [-0.25, -0.2) is 0 Å². The third-order valence-electron chi connectivity index (χ3n) is 3.81. The van der Waals surface area contributed by atoms with Crippen LogP contribution in [0.2, 0.25) is 5.02 Å². The number of nitrogens with two attached hydrogens (primary N) is 1. The zero-order chi connectivity index (χ0) is 13.0. The predicted octanol–water partition coefficient (Wildman–Crippen LogP) is 4.40. The Bertz CT molecular complexity index is 403. The van der Waals surface area contributed by atoms with Gasteiger partial charge in [0.15, 0.2) is 0 Å². The van der Waals surface area contributed by atoms with Crippen molar-refractivity contribution in [3.63, 3.8) is 0 Å². The molecule has 4 heteroatoms. The first-order valence-electron chi connectivity index (χ1n) is 6.49. The van der Waals surface area contributed by atoms with E-state index in [1.807, 2.05) is 30.0 Å². The fraction of sp³-hybridized carbons (Fsp3) is 0.571. The number of nitrogens with one attached hydrogen (secondary N) is 1. The molecule has 18 heavy (non-hydrogen) atoms. The topological polar surface area (TPSA) is 38.0 Å². The molecular formula is C14H21ClN2S. The first-order valence-corrected chi connectivity index (χ1v) is 8.09. The summed E-state index contributed by atoms with van der Waals surface area (Å²) in [5.41, 5.74) is 7.69. The molecule has 2 rings (SSSR count). The van der Waals surface area contributed by atoms with E-state index in [-0.39, 0.29) is 0 Å². The van der Waals surface area contributed by atoms with Gasteiger partial charge in [-0.3, -0.25) is 0 Å². The fourth-order valence-corrected chi connectivity index (χ4v) is 3.67. The number of thioether (sulfide) groups is 1. The fourth-order valence-electron chi connectivity index (χ4n) is 2.59. The molecule has 2 nitrogen and oxygen atoms in total. The van der Waals surface area contributed by atoms with Gasteiger partial charge in [-0.1, -0.05) is 30.9 Å². The summed E-state index contributed by atoms with van der Waals surface area (Å²) in [6, 6.07) is 5.60. The third kappa shape index (κ3) is 3.27. The van der Waals surface area contributed by atoms with Gasteiger partial charge in [0.1, 0.15) is 0 Å². The van der Waals surface area contributed by atoms with Gasteiger partial charge < -0.3 is 11.1 Å². The van der Waals surface area contributed by atoms with Crippen molar-refractivity contribution in [2.75, 3.05) is 23.9 Å². The molecule has 0 aliphatic heterocycles. The predicted molar refractivity (Wildman–Crippen MR) is 83.7 cm³/mol. The van der Waals surface area contributed by atoms with Crippen LogP contribution in [0.1, 0.15) is 32.1 Å². The van der Waals surface area contributed by atoms with E-state index >= 15 is 0 Å². The van der Waals surface area contributed by atoms with Gasteiger partial charge in [0.2, 0.25) is 0 Å². The number of hydrogen-bond acceptors (Lipinski definition) is 3. The summed E-state index contributed by atoms with van der Waals surface area (Å²) in [6.07, 6.45) is 8.86. The molecule has 100 valence electrons. The number of anilines is 2. The van der Waals surface area contributed by atoms with Crippen LogP contribution in [0.3, 0.4) is 0 Å². The molecule has 0 bridgehead atoms. The van der Waals surface area contributed by atoms with Crippen molar-refractivity contribution in [3.8, 4) is 0 Å². The summed E-state index contributed by atoms with van der Waals surface area (Å²) in [5, 5.41) is 4.22. The minimum atomic E-state index is 0.368. The second kappa shape index (κ2) is 6.07. The summed E-state index contributed by atoms with van der Waals surface area (Å²) >= 11 is 7.99. The average molecular weight is 285 g/mol. The zero-order valence-electron chi connectivity index (χ0n) is 10.8. The number of halogens is 1. The summed E-state index contributed by atoms with van der Waals surface area (Å²) in [6.45, 7) is 0.971. The molecule has 1 aliphatic rings. The van der Waals surface area contributed by atoms with E-state index < -0.39 is 0 Å². The molecule has 1 saturated carbocycles. The second-order valence-electron chi connectivity index (χ2n) is 5.03. The highest BCUT2D eigenvalue weighted by molar-refractivity contribution is 8.00. The lowest BCUT2D eigenvalue weighted by Gasteiger charge is -2.36. The molecule has 3 N–H and O–H groups in total. The Kier molecular flexibility index (Phi) is 4.68. The van der Waals surface area contributed by atoms with Crippen molar-refractivity contribution in [1.29, 1.82) is 0 Å². The van der Waals surface area contributed by atoms with Crippen LogP contribution in [0, 0.1) is 0 Å². The van der Waals surface area contributed by atoms with Crippen LogP contribution in [0.4, 0.5) is 11.4 Å². The maximum atomic E-state index is 6.01. The molecule has 1 aromatic rings. The van der Waals surface area contributed by atoms with Crippen LogP contribution in [0.25, 0.3) is 0 Å². The van der Waals surface area contributed by atoms with Gasteiger partial charge in [0.05, 0.1) is 11.4 Å². The highest BCUT2D eigenvalue weighted by Gasteiger charge is 2.30. The summed E-state index contributed by atoms with van der Waals surface area (Å²) in [4.78, 5) is 0. The Morgan fingerprint density at radius 3 is 2.72 bits per heavy atom. The molecule has 1 aliphatic carbocycles. The van der Waals surface area contributed by atoms with Crippen LogP contribution in [-0.2, 0) is 0 Å². The first kappa shape index (κ1) is 13.9. The summed E-state index contributed by atoms with van der Waals surface area (Å²) in [7, 11) is 0. The van der Waals surface area contributed by atoms with Crippen LogP contribution in [0.15, 0.2) is 18.2 Å². The van der Waals surface area contributed by atoms with Crippen LogP contribution < -0.4 is 11.1 Å². The largest absolute Gasteiger partial charge is 0.397 e. The molecule has 0 heterocycles. The lowest BCUT2D eigenvalue weighted by Crippen LogP contribution is -2.35. The maximum absolute atomic E-state index is 6.01. The molecule has 0 saturated heterocycles. The van der Waals surface area contributed by atoms with E-state index in [2.05, 4.69) is 11.6 Å². The van der Waals surface area contributed by atoms with Crippen molar-refractivity contribution in [3.05, 3.63) is 23.2 Å². The Labute approximate surface area is 119 Å². The van der Waals surface area contributed by atoms with E-state index in [1.54, 1.807) is 0 Å². The smallest absolute Gasteiger partial charge is 0.0589 e. The molecule has 0 atom stereocenters. The van der Waals surface area contributed by atoms with E-state index in [1.165, 1.54) is 32.1 Å². The van der Waals surface area contributed by atoms with Gasteiger partial charge >= 0.3 is 0 Å². The molecule has 0 aromatic heterocycles. The van der Waals surface area contributed by atoms with Gasteiger partial charge in [0, 0.05) is 16.3 Å². The monoisotopic (exact) mass is 284 g/mol. The van der Waals surface area contributed by atoms with Crippen molar-refractivity contribution in [1.82, 2.24) is 0 Å². The number of nitrogen functional groups attached to an aromatic ring is 1. The Morgan fingerprint density at radius 1 is 1.33 bits per heavy atom. The van der Waals surface area contributed by atoms with Crippen molar-refractivity contribution < 1.29 is 0 Å². The van der Waals surface area contributed by atoms with Gasteiger partial charge in [0.25, 0.3) is 0 Å². The molecule has 0 unspecified atom stereocenters. The first-order chi connectivity index (χ1) is 8.65. The second-order valence-corrected chi connectivity index (χ2v) is 6.74. The van der Waals surface area contributed by atoms with Crippen molar-refractivity contribution >= 4 is 34.7 Å².